The summed E-state index contributed by atoms with van der Waals surface area (Å²) in [5.74, 6) is -0.356. The fourth-order valence-electron chi connectivity index (χ4n) is 10.5. The number of carbonyl (C=O) groups is 6. The average molecular weight is 1010 g/mol. The summed E-state index contributed by atoms with van der Waals surface area (Å²) in [7, 11) is 0. The van der Waals surface area contributed by atoms with E-state index in [0.717, 1.165) is 63.7 Å². The molecule has 1 aliphatic carbocycles. The van der Waals surface area contributed by atoms with Crippen LogP contribution in [0.25, 0.3) is 0 Å². The first-order chi connectivity index (χ1) is 34.3. The minimum atomic E-state index is -1.17. The molecule has 0 spiro atoms. The van der Waals surface area contributed by atoms with Crippen molar-refractivity contribution >= 4 is 35.4 Å². The fraction of sp³-hybridized carbons (Fsp3) is 0.793. The van der Waals surface area contributed by atoms with E-state index in [9.17, 15) is 33.9 Å². The molecule has 0 aromatic heterocycles. The normalized spacial score (nSPS) is 23.0. The SMILES string of the molecule is CCC(C)(C)C(=O)N1CCCC1C(=O)N[C@@H](CCCCN(CCC(C)C)CCC(C)C)C(=O)N[C@H]1CCCCN(CCC2CCCCC2)C(=O)C[C@@H](O)[C@H](Cc2ccccc2)NC(=O)[C@H](CC(C)C)NC1=O. The number of nitrogens with one attached hydrogen (secondary N) is 4. The van der Waals surface area contributed by atoms with Gasteiger partial charge >= 0.3 is 0 Å². The molecule has 2 aliphatic heterocycles. The fourth-order valence-corrected chi connectivity index (χ4v) is 10.5. The Morgan fingerprint density at radius 3 is 2.08 bits per heavy atom. The zero-order chi connectivity index (χ0) is 52.8. The molecule has 14 nitrogen and oxygen atoms in total. The van der Waals surface area contributed by atoms with Crippen molar-refractivity contribution in [2.75, 3.05) is 39.3 Å². The highest BCUT2D eigenvalue weighted by Gasteiger charge is 2.41. The smallest absolute Gasteiger partial charge is 0.243 e. The van der Waals surface area contributed by atoms with Crippen molar-refractivity contribution in [2.24, 2.45) is 29.1 Å². The van der Waals surface area contributed by atoms with Crippen LogP contribution in [-0.2, 0) is 35.2 Å². The molecule has 0 radical (unpaired) electrons. The highest BCUT2D eigenvalue weighted by molar-refractivity contribution is 5.96. The van der Waals surface area contributed by atoms with Gasteiger partial charge in [0.05, 0.1) is 18.6 Å². The molecule has 408 valence electrons. The van der Waals surface area contributed by atoms with E-state index in [1.807, 2.05) is 69.9 Å². The monoisotopic (exact) mass is 1010 g/mol. The number of aliphatic hydroxyl groups excluding tert-OH is 1. The van der Waals surface area contributed by atoms with Gasteiger partial charge < -0.3 is 41.1 Å². The maximum Gasteiger partial charge on any atom is 0.243 e. The Morgan fingerprint density at radius 2 is 1.44 bits per heavy atom. The van der Waals surface area contributed by atoms with Gasteiger partial charge in [-0.3, -0.25) is 28.8 Å². The minimum absolute atomic E-state index is 0.00386. The summed E-state index contributed by atoms with van der Waals surface area (Å²) in [6, 6.07) is 5.04. The van der Waals surface area contributed by atoms with Crippen molar-refractivity contribution < 1.29 is 33.9 Å². The van der Waals surface area contributed by atoms with Crippen LogP contribution in [0.3, 0.4) is 0 Å². The van der Waals surface area contributed by atoms with Crippen molar-refractivity contribution in [2.45, 2.75) is 227 Å². The average Bonchev–Trinajstić information content (AvgIpc) is 3.84. The molecule has 14 heteroatoms. The van der Waals surface area contributed by atoms with Gasteiger partial charge in [0.25, 0.3) is 0 Å². The molecular formula is C58H99N7O7. The Labute approximate surface area is 435 Å². The summed E-state index contributed by atoms with van der Waals surface area (Å²) < 4.78 is 0. The quantitative estimate of drug-likeness (QED) is 0.0648. The molecule has 0 bridgehead atoms. The molecule has 5 N–H and O–H groups in total. The Balaban J connectivity index is 1.63. The van der Waals surface area contributed by atoms with Gasteiger partial charge in [0.1, 0.15) is 24.2 Å². The van der Waals surface area contributed by atoms with E-state index in [0.29, 0.717) is 88.8 Å². The number of carbonyl (C=O) groups excluding carboxylic acids is 6. The van der Waals surface area contributed by atoms with Gasteiger partial charge in [0.15, 0.2) is 0 Å². The van der Waals surface area contributed by atoms with Crippen LogP contribution in [-0.4, -0.2) is 131 Å². The van der Waals surface area contributed by atoms with Crippen molar-refractivity contribution in [3.8, 4) is 0 Å². The zero-order valence-electron chi connectivity index (χ0n) is 46.3. The third kappa shape index (κ3) is 20.7. The lowest BCUT2D eigenvalue weighted by atomic mass is 9.87. The van der Waals surface area contributed by atoms with Gasteiger partial charge in [-0.05, 0) is 139 Å². The van der Waals surface area contributed by atoms with Gasteiger partial charge in [-0.25, -0.2) is 0 Å². The van der Waals surface area contributed by atoms with Gasteiger partial charge in [0, 0.05) is 25.0 Å². The number of unbranched alkanes of at least 4 members (excludes halogenated alkanes) is 1. The van der Waals surface area contributed by atoms with E-state index in [4.69, 9.17) is 0 Å². The van der Waals surface area contributed by atoms with E-state index < -0.39 is 59.4 Å². The Hall–Kier alpha value is -4.04. The number of rotatable bonds is 24. The van der Waals surface area contributed by atoms with Crippen molar-refractivity contribution in [1.29, 1.82) is 0 Å². The van der Waals surface area contributed by atoms with E-state index in [-0.39, 0.29) is 42.9 Å². The maximum absolute atomic E-state index is 14.8. The number of benzene rings is 1. The third-order valence-corrected chi connectivity index (χ3v) is 15.7. The summed E-state index contributed by atoms with van der Waals surface area (Å²) >= 11 is 0. The zero-order valence-corrected chi connectivity index (χ0v) is 46.3. The Bertz CT molecular complexity index is 1810. The van der Waals surface area contributed by atoms with E-state index in [2.05, 4.69) is 53.9 Å². The predicted octanol–water partition coefficient (Wildman–Crippen LogP) is 7.94. The largest absolute Gasteiger partial charge is 0.390 e. The maximum atomic E-state index is 14.8. The number of nitrogens with zero attached hydrogens (tertiary/aromatic N) is 3. The number of amides is 6. The first-order valence-corrected chi connectivity index (χ1v) is 28.5. The van der Waals surface area contributed by atoms with E-state index in [1.165, 1.54) is 19.3 Å². The number of aliphatic hydroxyl groups is 1. The Kier molecular flexibility index (Phi) is 26.0. The molecule has 2 saturated heterocycles. The van der Waals surface area contributed by atoms with Crippen molar-refractivity contribution in [3.05, 3.63) is 35.9 Å². The molecule has 72 heavy (non-hydrogen) atoms. The number of hydrogen-bond donors (Lipinski definition) is 5. The second-order valence-corrected chi connectivity index (χ2v) is 23.7. The van der Waals surface area contributed by atoms with Crippen LogP contribution in [0.4, 0.5) is 0 Å². The molecule has 4 rings (SSSR count). The molecule has 1 saturated carbocycles. The Morgan fingerprint density at radius 1 is 0.778 bits per heavy atom. The third-order valence-electron chi connectivity index (χ3n) is 15.7. The number of likely N-dealkylation sites (tertiary alicyclic amines) is 1. The molecule has 1 aromatic rings. The van der Waals surface area contributed by atoms with Gasteiger partial charge in [0.2, 0.25) is 35.4 Å². The lowest BCUT2D eigenvalue weighted by molar-refractivity contribution is -0.146. The summed E-state index contributed by atoms with van der Waals surface area (Å²) in [4.78, 5) is 92.1. The molecule has 3 fully saturated rings. The molecule has 1 unspecified atom stereocenters. The van der Waals surface area contributed by atoms with Crippen LogP contribution in [0.2, 0.25) is 0 Å². The first kappa shape index (κ1) is 60.5. The minimum Gasteiger partial charge on any atom is -0.390 e. The lowest BCUT2D eigenvalue weighted by Gasteiger charge is -2.33. The van der Waals surface area contributed by atoms with Crippen molar-refractivity contribution in [3.63, 3.8) is 0 Å². The highest BCUT2D eigenvalue weighted by atomic mass is 16.3. The van der Waals surface area contributed by atoms with Gasteiger partial charge in [-0.1, -0.05) is 125 Å². The van der Waals surface area contributed by atoms with Crippen molar-refractivity contribution in [1.82, 2.24) is 36.0 Å². The summed E-state index contributed by atoms with van der Waals surface area (Å²) in [6.07, 6.45) is 13.2. The molecule has 6 atom stereocenters. The van der Waals surface area contributed by atoms with E-state index in [1.54, 1.807) is 4.90 Å². The molecule has 2 heterocycles. The van der Waals surface area contributed by atoms with Crippen LogP contribution in [0.15, 0.2) is 30.3 Å². The topological polar surface area (TPSA) is 180 Å². The first-order valence-electron chi connectivity index (χ1n) is 28.5. The summed E-state index contributed by atoms with van der Waals surface area (Å²) in [5.41, 5.74) is 0.253. The molecule has 3 aliphatic rings. The number of hydrogen-bond acceptors (Lipinski definition) is 8. The second kappa shape index (κ2) is 31.0. The van der Waals surface area contributed by atoms with Crippen LogP contribution in [0, 0.1) is 29.1 Å². The second-order valence-electron chi connectivity index (χ2n) is 23.7. The van der Waals surface area contributed by atoms with Crippen LogP contribution in [0.5, 0.6) is 0 Å². The van der Waals surface area contributed by atoms with E-state index >= 15 is 0 Å². The molecule has 6 amide bonds. The van der Waals surface area contributed by atoms with Gasteiger partial charge in [-0.2, -0.15) is 0 Å². The molecule has 1 aromatic carbocycles. The summed E-state index contributed by atoms with van der Waals surface area (Å²) in [6.45, 7) is 23.0. The highest BCUT2D eigenvalue weighted by Crippen LogP contribution is 2.29. The summed E-state index contributed by atoms with van der Waals surface area (Å²) in [5, 5.41) is 24.0. The van der Waals surface area contributed by atoms with Crippen LogP contribution < -0.4 is 21.3 Å². The predicted molar refractivity (Wildman–Crippen MR) is 288 cm³/mol. The molecular weight excluding hydrogens is 907 g/mol. The van der Waals surface area contributed by atoms with Gasteiger partial charge in [-0.15, -0.1) is 0 Å². The standard InChI is InChI=1S/C58H99N7O7/c1-10-58(8,9)57(72)65-34-21-28-50(65)56(71)60-47(26-17-19-32-63(35-29-41(2)3)36-30-42(4)5)53(68)59-46-27-18-20-33-64(37-31-44-22-13-11-14-23-44)52(67)40-51(66)48(39-45-24-15-12-16-25-45)61-55(70)49(38-43(6)7)62-54(46)69/h12,15-16,24-25,41-44,46-51,66H,10-11,13-14,17-23,26-40H2,1-9H3,(H,59,68)(H,60,71)(H,61,70)(H,62,69)/t46-,47-,48-,49-,50?,51+/m0/s1. The van der Waals surface area contributed by atoms with Crippen LogP contribution in [0.1, 0.15) is 190 Å². The lowest BCUT2D eigenvalue weighted by Crippen LogP contribution is -2.59. The van der Waals surface area contributed by atoms with Crippen LogP contribution >= 0.6 is 0 Å².